The van der Waals surface area contributed by atoms with Gasteiger partial charge in [0, 0.05) is 0 Å². The molecule has 1 amide bonds. The summed E-state index contributed by atoms with van der Waals surface area (Å²) in [5.74, 6) is -0.527. The molecule has 2 rings (SSSR count). The number of aliphatic hydroxyl groups is 1. The van der Waals surface area contributed by atoms with Crippen molar-refractivity contribution in [3.05, 3.63) is 29.8 Å². The van der Waals surface area contributed by atoms with Gasteiger partial charge in [0.1, 0.15) is 0 Å². The standard InChI is InChI=1S/C15H19F3N2O2/c16-15(17,18)11-6-2-3-7-12(11)19-20-13(21)10-14(22)8-4-1-5-9-14/h2-3,6-7,19,22H,1,4-5,8-10H2,(H,20,21). The summed E-state index contributed by atoms with van der Waals surface area (Å²) in [6.07, 6.45) is -0.799. The lowest BCUT2D eigenvalue weighted by Gasteiger charge is -2.31. The number of carbonyl (C=O) groups excluding carboxylic acids is 1. The Morgan fingerprint density at radius 3 is 2.45 bits per heavy atom. The summed E-state index contributed by atoms with van der Waals surface area (Å²) in [4.78, 5) is 11.8. The second kappa shape index (κ2) is 6.56. The fraction of sp³-hybridized carbons (Fsp3) is 0.533. The molecule has 1 saturated carbocycles. The van der Waals surface area contributed by atoms with Crippen LogP contribution in [0.2, 0.25) is 0 Å². The van der Waals surface area contributed by atoms with Crippen molar-refractivity contribution >= 4 is 11.6 Å². The molecule has 22 heavy (non-hydrogen) atoms. The van der Waals surface area contributed by atoms with Gasteiger partial charge in [-0.25, -0.2) is 0 Å². The van der Waals surface area contributed by atoms with E-state index in [4.69, 9.17) is 0 Å². The van der Waals surface area contributed by atoms with E-state index in [0.717, 1.165) is 25.3 Å². The van der Waals surface area contributed by atoms with E-state index in [-0.39, 0.29) is 12.1 Å². The van der Waals surface area contributed by atoms with E-state index >= 15 is 0 Å². The first-order valence-electron chi connectivity index (χ1n) is 7.24. The third-order valence-corrected chi connectivity index (χ3v) is 3.84. The topological polar surface area (TPSA) is 61.4 Å². The number of amides is 1. The predicted octanol–water partition coefficient (Wildman–Crippen LogP) is 3.23. The molecule has 3 N–H and O–H groups in total. The average molecular weight is 316 g/mol. The lowest BCUT2D eigenvalue weighted by atomic mass is 9.82. The SMILES string of the molecule is O=C(CC1(O)CCCCC1)NNc1ccccc1C(F)(F)F. The van der Waals surface area contributed by atoms with Crippen LogP contribution in [0.3, 0.4) is 0 Å². The van der Waals surface area contributed by atoms with Gasteiger partial charge in [-0.05, 0) is 25.0 Å². The first-order valence-corrected chi connectivity index (χ1v) is 7.24. The zero-order valence-corrected chi connectivity index (χ0v) is 12.0. The van der Waals surface area contributed by atoms with Crippen molar-refractivity contribution in [2.45, 2.75) is 50.3 Å². The Morgan fingerprint density at radius 2 is 1.82 bits per heavy atom. The first-order chi connectivity index (χ1) is 10.3. The summed E-state index contributed by atoms with van der Waals surface area (Å²) in [7, 11) is 0. The minimum Gasteiger partial charge on any atom is -0.389 e. The van der Waals surface area contributed by atoms with Gasteiger partial charge in [-0.3, -0.25) is 15.6 Å². The van der Waals surface area contributed by atoms with Crippen LogP contribution < -0.4 is 10.9 Å². The van der Waals surface area contributed by atoms with Crippen molar-refractivity contribution in [2.24, 2.45) is 0 Å². The van der Waals surface area contributed by atoms with Crippen molar-refractivity contribution in [2.75, 3.05) is 5.43 Å². The van der Waals surface area contributed by atoms with Crippen LogP contribution in [0.5, 0.6) is 0 Å². The normalized spacial score (nSPS) is 17.8. The van der Waals surface area contributed by atoms with Crippen LogP contribution in [0, 0.1) is 0 Å². The number of hydrogen-bond acceptors (Lipinski definition) is 3. The molecule has 0 heterocycles. The Bertz CT molecular complexity index is 526. The lowest BCUT2D eigenvalue weighted by Crippen LogP contribution is -2.40. The van der Waals surface area contributed by atoms with Gasteiger partial charge in [0.2, 0.25) is 5.91 Å². The Morgan fingerprint density at radius 1 is 1.18 bits per heavy atom. The Hall–Kier alpha value is -1.76. The number of benzene rings is 1. The average Bonchev–Trinajstić information content (AvgIpc) is 2.45. The Labute approximate surface area is 126 Å². The van der Waals surface area contributed by atoms with E-state index in [9.17, 15) is 23.1 Å². The van der Waals surface area contributed by atoms with Crippen molar-refractivity contribution in [1.29, 1.82) is 0 Å². The summed E-state index contributed by atoms with van der Waals surface area (Å²) < 4.78 is 38.4. The molecule has 0 radical (unpaired) electrons. The van der Waals surface area contributed by atoms with Crippen LogP contribution in [0.15, 0.2) is 24.3 Å². The van der Waals surface area contributed by atoms with Gasteiger partial charge in [0.05, 0.1) is 23.3 Å². The molecule has 1 aromatic rings. The van der Waals surface area contributed by atoms with Gasteiger partial charge < -0.3 is 5.11 Å². The molecule has 0 bridgehead atoms. The second-order valence-corrected chi connectivity index (χ2v) is 5.68. The molecule has 0 saturated heterocycles. The molecule has 4 nitrogen and oxygen atoms in total. The van der Waals surface area contributed by atoms with Crippen molar-refractivity contribution in [1.82, 2.24) is 5.43 Å². The number of carbonyl (C=O) groups is 1. The number of hydrogen-bond donors (Lipinski definition) is 3. The highest BCUT2D eigenvalue weighted by Crippen LogP contribution is 2.34. The summed E-state index contributed by atoms with van der Waals surface area (Å²) in [6, 6.07) is 4.89. The fourth-order valence-electron chi connectivity index (χ4n) is 2.71. The van der Waals surface area contributed by atoms with Gasteiger partial charge in [-0.1, -0.05) is 31.4 Å². The highest BCUT2D eigenvalue weighted by atomic mass is 19.4. The van der Waals surface area contributed by atoms with Crippen LogP contribution in [-0.2, 0) is 11.0 Å². The molecular weight excluding hydrogens is 297 g/mol. The highest BCUT2D eigenvalue weighted by molar-refractivity contribution is 5.78. The van der Waals surface area contributed by atoms with E-state index in [2.05, 4.69) is 10.9 Å². The molecule has 1 aromatic carbocycles. The van der Waals surface area contributed by atoms with E-state index in [1.165, 1.54) is 18.2 Å². The van der Waals surface area contributed by atoms with Crippen molar-refractivity contribution < 1.29 is 23.1 Å². The zero-order valence-electron chi connectivity index (χ0n) is 12.0. The number of rotatable bonds is 4. The quantitative estimate of drug-likeness (QED) is 0.747. The Balaban J connectivity index is 1.94. The predicted molar refractivity (Wildman–Crippen MR) is 75.9 cm³/mol. The molecule has 0 aliphatic heterocycles. The van der Waals surface area contributed by atoms with E-state index in [1.807, 2.05) is 0 Å². The number of hydrazine groups is 1. The van der Waals surface area contributed by atoms with Crippen LogP contribution >= 0.6 is 0 Å². The molecule has 1 aliphatic rings. The number of halogens is 3. The number of nitrogens with one attached hydrogen (secondary N) is 2. The summed E-state index contributed by atoms with van der Waals surface area (Å²) in [6.45, 7) is 0. The Kier molecular flexibility index (Phi) is 4.95. The number of para-hydroxylation sites is 1. The lowest BCUT2D eigenvalue weighted by molar-refractivity contribution is -0.137. The van der Waals surface area contributed by atoms with Gasteiger partial charge >= 0.3 is 6.18 Å². The number of alkyl halides is 3. The minimum atomic E-state index is -4.50. The van der Waals surface area contributed by atoms with Crippen LogP contribution in [0.1, 0.15) is 44.1 Å². The molecule has 0 unspecified atom stereocenters. The molecule has 7 heteroatoms. The molecule has 0 spiro atoms. The molecule has 0 aromatic heterocycles. The zero-order chi connectivity index (χ0) is 16.2. The maximum absolute atomic E-state index is 12.8. The third-order valence-electron chi connectivity index (χ3n) is 3.84. The van der Waals surface area contributed by atoms with Crippen LogP contribution in [-0.4, -0.2) is 16.6 Å². The van der Waals surface area contributed by atoms with Crippen LogP contribution in [0.4, 0.5) is 18.9 Å². The van der Waals surface area contributed by atoms with Gasteiger partial charge in [-0.15, -0.1) is 0 Å². The maximum Gasteiger partial charge on any atom is 0.418 e. The monoisotopic (exact) mass is 316 g/mol. The van der Waals surface area contributed by atoms with Crippen molar-refractivity contribution in [3.63, 3.8) is 0 Å². The second-order valence-electron chi connectivity index (χ2n) is 5.68. The third kappa shape index (κ3) is 4.37. The summed E-state index contributed by atoms with van der Waals surface area (Å²) >= 11 is 0. The molecule has 1 aliphatic carbocycles. The molecular formula is C15H19F3N2O2. The summed E-state index contributed by atoms with van der Waals surface area (Å²) in [5, 5.41) is 10.3. The first kappa shape index (κ1) is 16.6. The van der Waals surface area contributed by atoms with Gasteiger partial charge in [0.25, 0.3) is 0 Å². The van der Waals surface area contributed by atoms with E-state index < -0.39 is 23.2 Å². The maximum atomic E-state index is 12.8. The fourth-order valence-corrected chi connectivity index (χ4v) is 2.71. The van der Waals surface area contributed by atoms with Crippen LogP contribution in [0.25, 0.3) is 0 Å². The van der Waals surface area contributed by atoms with E-state index in [1.54, 1.807) is 0 Å². The smallest absolute Gasteiger partial charge is 0.389 e. The molecule has 1 fully saturated rings. The molecule has 0 atom stereocenters. The van der Waals surface area contributed by atoms with E-state index in [0.29, 0.717) is 12.8 Å². The molecule has 122 valence electrons. The minimum absolute atomic E-state index is 0.117. The van der Waals surface area contributed by atoms with Gasteiger partial charge in [0.15, 0.2) is 0 Å². The van der Waals surface area contributed by atoms with Gasteiger partial charge in [-0.2, -0.15) is 13.2 Å². The highest BCUT2D eigenvalue weighted by Gasteiger charge is 2.34. The largest absolute Gasteiger partial charge is 0.418 e. The number of anilines is 1. The summed E-state index contributed by atoms with van der Waals surface area (Å²) in [5.41, 5.74) is 2.40. The van der Waals surface area contributed by atoms with Crippen molar-refractivity contribution in [3.8, 4) is 0 Å².